The molecule has 1 fully saturated rings. The Morgan fingerprint density at radius 1 is 0.667 bits per heavy atom. The molecule has 2 N–H and O–H groups in total. The van der Waals surface area contributed by atoms with E-state index in [9.17, 15) is 9.59 Å². The average Bonchev–Trinajstić information content (AvgIpc) is 2.90. The molecule has 0 spiro atoms. The van der Waals surface area contributed by atoms with E-state index in [1.165, 1.54) is 14.2 Å². The van der Waals surface area contributed by atoms with E-state index in [-0.39, 0.29) is 36.7 Å². The second-order valence-corrected chi connectivity index (χ2v) is 9.40. The molecule has 10 heteroatoms. The fourth-order valence-electron chi connectivity index (χ4n) is 4.33. The molecule has 0 atom stereocenters. The molecule has 0 saturated heterocycles. The summed E-state index contributed by atoms with van der Waals surface area (Å²) in [5.41, 5.74) is 1.48. The highest BCUT2D eigenvalue weighted by atomic mass is 35.5. The molecule has 2 aromatic carbocycles. The zero-order chi connectivity index (χ0) is 26.2. The Morgan fingerprint density at radius 2 is 0.972 bits per heavy atom. The second kappa shape index (κ2) is 12.9. The molecule has 196 valence electrons. The monoisotopic (exact) mass is 538 g/mol. The molecule has 1 aliphatic rings. The number of benzene rings is 2. The van der Waals surface area contributed by atoms with Gasteiger partial charge in [0.25, 0.3) is 0 Å². The second-order valence-electron chi connectivity index (χ2n) is 8.58. The first-order chi connectivity index (χ1) is 17.3. The maximum absolute atomic E-state index is 12.8. The summed E-state index contributed by atoms with van der Waals surface area (Å²) in [6.07, 6.45) is 2.56. The van der Waals surface area contributed by atoms with Gasteiger partial charge in [0.1, 0.15) is 0 Å². The third-order valence-electron chi connectivity index (χ3n) is 6.48. The van der Waals surface area contributed by atoms with Crippen molar-refractivity contribution in [2.24, 2.45) is 11.8 Å². The van der Waals surface area contributed by atoms with E-state index in [1.807, 2.05) is 0 Å². The molecule has 2 amide bonds. The van der Waals surface area contributed by atoms with Crippen LogP contribution in [0.1, 0.15) is 36.8 Å². The molecule has 0 bridgehead atoms. The van der Waals surface area contributed by atoms with Crippen LogP contribution >= 0.6 is 23.2 Å². The van der Waals surface area contributed by atoms with E-state index in [0.717, 1.165) is 11.1 Å². The molecule has 8 nitrogen and oxygen atoms in total. The lowest BCUT2D eigenvalue weighted by molar-refractivity contribution is -0.130. The molecular formula is C26H32Cl2N2O6. The summed E-state index contributed by atoms with van der Waals surface area (Å²) >= 11 is 12.6. The number of halogens is 2. The summed E-state index contributed by atoms with van der Waals surface area (Å²) in [5, 5.41) is 6.89. The Hall–Kier alpha value is -2.84. The fraction of sp³-hybridized carbons (Fsp3) is 0.462. The minimum atomic E-state index is -0.145. The van der Waals surface area contributed by atoms with E-state index in [4.69, 9.17) is 42.1 Å². The van der Waals surface area contributed by atoms with Crippen LogP contribution in [0.4, 0.5) is 0 Å². The van der Waals surface area contributed by atoms with Crippen molar-refractivity contribution in [3.05, 3.63) is 45.4 Å². The third-order valence-corrected chi connectivity index (χ3v) is 7.18. The highest BCUT2D eigenvalue weighted by Gasteiger charge is 2.30. The SMILES string of the molecule is COc1cc(Cl)c(CNC(=O)C2CCC(C(=O)NCc3cc(OC)c(OC)cc3Cl)CC2)cc1OC. The summed E-state index contributed by atoms with van der Waals surface area (Å²) in [7, 11) is 6.17. The van der Waals surface area contributed by atoms with Crippen molar-refractivity contribution in [3.8, 4) is 23.0 Å². The summed E-state index contributed by atoms with van der Waals surface area (Å²) in [6.45, 7) is 0.565. The van der Waals surface area contributed by atoms with Crippen LogP contribution in [0.2, 0.25) is 10.0 Å². The Morgan fingerprint density at radius 3 is 1.28 bits per heavy atom. The van der Waals surface area contributed by atoms with Crippen molar-refractivity contribution >= 4 is 35.0 Å². The van der Waals surface area contributed by atoms with Crippen LogP contribution < -0.4 is 29.6 Å². The van der Waals surface area contributed by atoms with Crippen molar-refractivity contribution in [3.63, 3.8) is 0 Å². The standard InChI is InChI=1S/C26H32Cl2N2O6/c1-33-21-9-17(19(27)11-23(21)35-3)13-29-25(31)15-5-7-16(8-6-15)26(32)30-14-18-10-22(34-2)24(36-4)12-20(18)28/h9-12,15-16H,5-8,13-14H2,1-4H3,(H,29,31)(H,30,32). The highest BCUT2D eigenvalue weighted by Crippen LogP contribution is 2.35. The minimum absolute atomic E-state index is 0.0446. The largest absolute Gasteiger partial charge is 0.493 e. The van der Waals surface area contributed by atoms with Gasteiger partial charge in [-0.15, -0.1) is 0 Å². The van der Waals surface area contributed by atoms with Gasteiger partial charge in [-0.3, -0.25) is 9.59 Å². The van der Waals surface area contributed by atoms with E-state index in [1.54, 1.807) is 38.5 Å². The number of ether oxygens (including phenoxy) is 4. The van der Waals surface area contributed by atoms with E-state index >= 15 is 0 Å². The maximum Gasteiger partial charge on any atom is 0.223 e. The van der Waals surface area contributed by atoms with Gasteiger partial charge >= 0.3 is 0 Å². The Labute approximate surface area is 221 Å². The number of nitrogens with one attached hydrogen (secondary N) is 2. The van der Waals surface area contributed by atoms with Crippen LogP contribution in [-0.4, -0.2) is 40.3 Å². The van der Waals surface area contributed by atoms with Crippen LogP contribution in [0, 0.1) is 11.8 Å². The van der Waals surface area contributed by atoms with Crippen LogP contribution in [0.3, 0.4) is 0 Å². The lowest BCUT2D eigenvalue weighted by atomic mass is 9.81. The lowest BCUT2D eigenvalue weighted by Crippen LogP contribution is -2.37. The van der Waals surface area contributed by atoms with E-state index < -0.39 is 0 Å². The topological polar surface area (TPSA) is 95.1 Å². The predicted molar refractivity (Wildman–Crippen MR) is 138 cm³/mol. The zero-order valence-corrected chi connectivity index (χ0v) is 22.4. The molecule has 0 aliphatic heterocycles. The Balaban J connectivity index is 1.48. The molecular weight excluding hydrogens is 507 g/mol. The summed E-state index contributed by atoms with van der Waals surface area (Å²) in [6, 6.07) is 6.85. The van der Waals surface area contributed by atoms with Gasteiger partial charge in [-0.2, -0.15) is 0 Å². The van der Waals surface area contributed by atoms with Crippen LogP contribution in [0.25, 0.3) is 0 Å². The van der Waals surface area contributed by atoms with E-state index in [2.05, 4.69) is 10.6 Å². The molecule has 0 aromatic heterocycles. The molecule has 2 aromatic rings. The number of hydrogen-bond donors (Lipinski definition) is 2. The number of rotatable bonds is 10. The van der Waals surface area contributed by atoms with Crippen LogP contribution in [-0.2, 0) is 22.7 Å². The van der Waals surface area contributed by atoms with E-state index in [0.29, 0.717) is 58.7 Å². The van der Waals surface area contributed by atoms with Crippen molar-refractivity contribution in [2.75, 3.05) is 28.4 Å². The van der Waals surface area contributed by atoms with Crippen LogP contribution in [0.5, 0.6) is 23.0 Å². The van der Waals surface area contributed by atoms with Gasteiger partial charge in [0.05, 0.1) is 28.4 Å². The first kappa shape index (κ1) is 27.7. The van der Waals surface area contributed by atoms with Gasteiger partial charge in [-0.05, 0) is 48.9 Å². The van der Waals surface area contributed by atoms with Crippen molar-refractivity contribution in [1.82, 2.24) is 10.6 Å². The molecule has 0 heterocycles. The van der Waals surface area contributed by atoms with Gasteiger partial charge in [0.2, 0.25) is 11.8 Å². The van der Waals surface area contributed by atoms with Gasteiger partial charge in [-0.25, -0.2) is 0 Å². The summed E-state index contributed by atoms with van der Waals surface area (Å²) in [5.74, 6) is 1.78. The van der Waals surface area contributed by atoms with Crippen molar-refractivity contribution in [2.45, 2.75) is 38.8 Å². The smallest absolute Gasteiger partial charge is 0.223 e. The minimum Gasteiger partial charge on any atom is -0.493 e. The van der Waals surface area contributed by atoms with Crippen molar-refractivity contribution in [1.29, 1.82) is 0 Å². The molecule has 0 radical (unpaired) electrons. The highest BCUT2D eigenvalue weighted by molar-refractivity contribution is 6.32. The quantitative estimate of drug-likeness (QED) is 0.452. The predicted octanol–water partition coefficient (Wildman–Crippen LogP) is 4.77. The maximum atomic E-state index is 12.8. The van der Waals surface area contributed by atoms with Crippen LogP contribution in [0.15, 0.2) is 24.3 Å². The first-order valence-corrected chi connectivity index (χ1v) is 12.4. The Kier molecular flexibility index (Phi) is 9.96. The zero-order valence-electron chi connectivity index (χ0n) is 20.9. The molecule has 3 rings (SSSR count). The molecule has 1 saturated carbocycles. The number of carbonyl (C=O) groups is 2. The summed E-state index contributed by atoms with van der Waals surface area (Å²) < 4.78 is 21.1. The summed E-state index contributed by atoms with van der Waals surface area (Å²) in [4.78, 5) is 25.5. The van der Waals surface area contributed by atoms with Gasteiger partial charge in [-0.1, -0.05) is 23.2 Å². The van der Waals surface area contributed by atoms with Gasteiger partial charge in [0, 0.05) is 47.1 Å². The average molecular weight is 539 g/mol. The van der Waals surface area contributed by atoms with Gasteiger partial charge in [0.15, 0.2) is 23.0 Å². The van der Waals surface area contributed by atoms with Gasteiger partial charge < -0.3 is 29.6 Å². The Bertz CT molecular complexity index is 1000. The molecule has 36 heavy (non-hydrogen) atoms. The number of hydrogen-bond acceptors (Lipinski definition) is 6. The fourth-order valence-corrected chi connectivity index (χ4v) is 4.78. The number of methoxy groups -OCH3 is 4. The lowest BCUT2D eigenvalue weighted by Gasteiger charge is -2.27. The number of carbonyl (C=O) groups excluding carboxylic acids is 2. The molecule has 1 aliphatic carbocycles. The molecule has 0 unspecified atom stereocenters. The normalized spacial score (nSPS) is 17.2. The third kappa shape index (κ3) is 6.68. The number of amides is 2. The first-order valence-electron chi connectivity index (χ1n) is 11.7. The van der Waals surface area contributed by atoms with Crippen molar-refractivity contribution < 1.29 is 28.5 Å².